The smallest absolute Gasteiger partial charge is 0.252 e. The van der Waals surface area contributed by atoms with E-state index in [1.165, 1.54) is 0 Å². The van der Waals surface area contributed by atoms with Crippen molar-refractivity contribution in [3.8, 4) is 0 Å². The van der Waals surface area contributed by atoms with Crippen LogP contribution in [0.1, 0.15) is 19.3 Å². The van der Waals surface area contributed by atoms with Gasteiger partial charge < -0.3 is 5.32 Å². The van der Waals surface area contributed by atoms with Crippen molar-refractivity contribution in [2.45, 2.75) is 25.2 Å². The van der Waals surface area contributed by atoms with E-state index in [0.717, 1.165) is 0 Å². The number of alkyl halides is 2. The highest BCUT2D eigenvalue weighted by Crippen LogP contribution is 2.36. The van der Waals surface area contributed by atoms with E-state index in [0.29, 0.717) is 0 Å². The molecule has 0 atom stereocenters. The molecule has 0 amide bonds. The van der Waals surface area contributed by atoms with E-state index in [-0.39, 0.29) is 37.3 Å². The van der Waals surface area contributed by atoms with Crippen LogP contribution in [0.15, 0.2) is 0 Å². The Kier molecular flexibility index (Phi) is 4.06. The lowest BCUT2D eigenvalue weighted by atomic mass is 9.93. The molecule has 6 heteroatoms. The summed E-state index contributed by atoms with van der Waals surface area (Å²) in [7, 11) is -1.42. The molecular formula is C9H17F2NO2S. The largest absolute Gasteiger partial charge is 0.320 e. The summed E-state index contributed by atoms with van der Waals surface area (Å²) < 4.78 is 49.2. The van der Waals surface area contributed by atoms with Gasteiger partial charge in [0.1, 0.15) is 9.84 Å². The molecule has 0 saturated carbocycles. The number of nitrogens with one attached hydrogen (secondary N) is 1. The monoisotopic (exact) mass is 241 g/mol. The molecule has 1 aliphatic rings. The maximum Gasteiger partial charge on any atom is 0.252 e. The van der Waals surface area contributed by atoms with Gasteiger partial charge in [-0.15, -0.1) is 0 Å². The third-order valence-electron chi connectivity index (χ3n) is 2.86. The molecule has 1 saturated heterocycles. The molecule has 0 aliphatic carbocycles. The van der Waals surface area contributed by atoms with Gasteiger partial charge in [0.15, 0.2) is 0 Å². The fourth-order valence-corrected chi connectivity index (χ4v) is 3.30. The number of hydrogen-bond donors (Lipinski definition) is 1. The van der Waals surface area contributed by atoms with Crippen molar-refractivity contribution in [2.24, 2.45) is 5.92 Å². The first kappa shape index (κ1) is 12.8. The Morgan fingerprint density at radius 2 is 1.87 bits per heavy atom. The fourth-order valence-electron chi connectivity index (χ4n) is 1.81. The van der Waals surface area contributed by atoms with Crippen LogP contribution in [0.2, 0.25) is 0 Å². The highest BCUT2D eigenvalue weighted by atomic mass is 32.2. The Morgan fingerprint density at radius 3 is 2.33 bits per heavy atom. The van der Waals surface area contributed by atoms with E-state index in [9.17, 15) is 17.2 Å². The van der Waals surface area contributed by atoms with Crippen molar-refractivity contribution < 1.29 is 17.2 Å². The number of sulfone groups is 1. The molecule has 1 aliphatic heterocycles. The zero-order valence-electron chi connectivity index (χ0n) is 8.80. The molecular weight excluding hydrogens is 224 g/mol. The maximum absolute atomic E-state index is 13.5. The zero-order chi connectivity index (χ0) is 11.5. The number of halogens is 2. The Balaban J connectivity index is 2.51. The molecule has 1 heterocycles. The first-order valence-electron chi connectivity index (χ1n) is 5.10. The van der Waals surface area contributed by atoms with Crippen molar-refractivity contribution in [3.05, 3.63) is 0 Å². The van der Waals surface area contributed by atoms with Crippen molar-refractivity contribution in [2.75, 3.05) is 25.1 Å². The highest BCUT2D eigenvalue weighted by molar-refractivity contribution is 7.91. The Labute approximate surface area is 89.2 Å². The highest BCUT2D eigenvalue weighted by Gasteiger charge is 2.41. The summed E-state index contributed by atoms with van der Waals surface area (Å²) in [5, 5.41) is 2.68. The van der Waals surface area contributed by atoms with Gasteiger partial charge in [-0.1, -0.05) is 0 Å². The van der Waals surface area contributed by atoms with Gasteiger partial charge in [-0.2, -0.15) is 0 Å². The van der Waals surface area contributed by atoms with Crippen molar-refractivity contribution in [1.82, 2.24) is 5.32 Å². The molecule has 0 bridgehead atoms. The van der Waals surface area contributed by atoms with E-state index in [1.807, 2.05) is 0 Å². The molecule has 0 aromatic heterocycles. The average Bonchev–Trinajstić information content (AvgIpc) is 2.14. The molecule has 0 spiro atoms. The standard InChI is InChI=1S/C9H17F2NO2S/c1-12-5-4-9(10,11)8-2-6-15(13,14)7-3-8/h8,12H,2-7H2,1H3. The second-order valence-electron chi connectivity index (χ2n) is 4.04. The van der Waals surface area contributed by atoms with Crippen molar-refractivity contribution in [1.29, 1.82) is 0 Å². The minimum atomic E-state index is -3.05. The molecule has 1 rings (SSSR count). The minimum Gasteiger partial charge on any atom is -0.320 e. The zero-order valence-corrected chi connectivity index (χ0v) is 9.62. The first-order chi connectivity index (χ1) is 6.87. The first-order valence-corrected chi connectivity index (χ1v) is 6.92. The third kappa shape index (κ3) is 3.68. The van der Waals surface area contributed by atoms with Crippen LogP contribution in [-0.2, 0) is 9.84 Å². The topological polar surface area (TPSA) is 46.2 Å². The summed E-state index contributed by atoms with van der Waals surface area (Å²) in [6.45, 7) is 0.260. The van der Waals surface area contributed by atoms with Gasteiger partial charge in [-0.05, 0) is 19.9 Å². The van der Waals surface area contributed by atoms with Crippen molar-refractivity contribution >= 4 is 9.84 Å². The molecule has 1 fully saturated rings. The second-order valence-corrected chi connectivity index (χ2v) is 6.34. The van der Waals surface area contributed by atoms with Gasteiger partial charge in [-0.25, -0.2) is 17.2 Å². The molecule has 0 radical (unpaired) electrons. The minimum absolute atomic E-state index is 0.0905. The lowest BCUT2D eigenvalue weighted by Gasteiger charge is -2.29. The Morgan fingerprint density at radius 1 is 1.33 bits per heavy atom. The molecule has 0 aromatic rings. The summed E-state index contributed by atoms with van der Waals surface area (Å²) in [4.78, 5) is 0. The van der Waals surface area contributed by atoms with Gasteiger partial charge in [0, 0.05) is 18.9 Å². The molecule has 15 heavy (non-hydrogen) atoms. The summed E-state index contributed by atoms with van der Waals surface area (Å²) >= 11 is 0. The van der Waals surface area contributed by atoms with E-state index in [1.54, 1.807) is 7.05 Å². The van der Waals surface area contributed by atoms with Gasteiger partial charge in [0.05, 0.1) is 11.5 Å². The van der Waals surface area contributed by atoms with E-state index >= 15 is 0 Å². The van der Waals surface area contributed by atoms with Crippen LogP contribution in [0.5, 0.6) is 0 Å². The van der Waals surface area contributed by atoms with E-state index in [2.05, 4.69) is 5.32 Å². The summed E-state index contributed by atoms with van der Waals surface area (Å²) in [6, 6.07) is 0. The summed E-state index contributed by atoms with van der Waals surface area (Å²) in [6.07, 6.45) is -0.0215. The van der Waals surface area contributed by atoms with Crippen LogP contribution in [0.25, 0.3) is 0 Å². The lowest BCUT2D eigenvalue weighted by Crippen LogP contribution is -2.37. The van der Waals surface area contributed by atoms with Crippen molar-refractivity contribution in [3.63, 3.8) is 0 Å². The van der Waals surface area contributed by atoms with E-state index in [4.69, 9.17) is 0 Å². The number of hydrogen-bond acceptors (Lipinski definition) is 3. The van der Waals surface area contributed by atoms with Gasteiger partial charge in [-0.3, -0.25) is 0 Å². The predicted molar refractivity (Wildman–Crippen MR) is 54.9 cm³/mol. The quantitative estimate of drug-likeness (QED) is 0.800. The van der Waals surface area contributed by atoms with Gasteiger partial charge in [0.25, 0.3) is 5.92 Å². The normalized spacial score (nSPS) is 22.9. The Hall–Kier alpha value is -0.230. The molecule has 1 N–H and O–H groups in total. The van der Waals surface area contributed by atoms with Crippen LogP contribution in [-0.4, -0.2) is 39.4 Å². The van der Waals surface area contributed by atoms with Crippen LogP contribution in [0, 0.1) is 5.92 Å². The summed E-state index contributed by atoms with van der Waals surface area (Å²) in [5.41, 5.74) is 0. The van der Waals surface area contributed by atoms with Crippen LogP contribution >= 0.6 is 0 Å². The third-order valence-corrected chi connectivity index (χ3v) is 4.58. The Bertz CT molecular complexity index is 289. The molecule has 90 valence electrons. The molecule has 0 aromatic carbocycles. The predicted octanol–water partition coefficient (Wildman–Crippen LogP) is 1.06. The molecule has 3 nitrogen and oxygen atoms in total. The van der Waals surface area contributed by atoms with Gasteiger partial charge in [0.2, 0.25) is 0 Å². The van der Waals surface area contributed by atoms with Crippen LogP contribution < -0.4 is 5.32 Å². The van der Waals surface area contributed by atoms with E-state index < -0.39 is 21.7 Å². The van der Waals surface area contributed by atoms with Crippen LogP contribution in [0.4, 0.5) is 8.78 Å². The van der Waals surface area contributed by atoms with Crippen LogP contribution in [0.3, 0.4) is 0 Å². The fraction of sp³-hybridized carbons (Fsp3) is 1.00. The lowest BCUT2D eigenvalue weighted by molar-refractivity contribution is -0.0674. The molecule has 0 unspecified atom stereocenters. The number of rotatable bonds is 4. The average molecular weight is 241 g/mol. The summed E-state index contributed by atoms with van der Waals surface area (Å²) in [5.74, 6) is -3.69. The van der Waals surface area contributed by atoms with Gasteiger partial charge >= 0.3 is 0 Å². The SMILES string of the molecule is CNCCC(F)(F)C1CCS(=O)(=O)CC1. The maximum atomic E-state index is 13.5. The second kappa shape index (κ2) is 4.74.